The zero-order valence-corrected chi connectivity index (χ0v) is 18.4. The molecule has 0 atom stereocenters. The van der Waals surface area contributed by atoms with E-state index in [0.717, 1.165) is 11.1 Å². The molecule has 2 aromatic rings. The molecule has 9 heteroatoms. The first-order valence-electron chi connectivity index (χ1n) is 10.0. The molecule has 0 bridgehead atoms. The molecule has 2 aliphatic heterocycles. The van der Waals surface area contributed by atoms with Gasteiger partial charge in [-0.05, 0) is 29.3 Å². The summed E-state index contributed by atoms with van der Waals surface area (Å²) in [7, 11) is -3.42. The molecule has 0 saturated carbocycles. The highest BCUT2D eigenvalue weighted by atomic mass is 35.5. The van der Waals surface area contributed by atoms with Crippen LogP contribution in [0.1, 0.15) is 11.1 Å². The molecule has 1 amide bonds. The largest absolute Gasteiger partial charge is 0.486 e. The second-order valence-electron chi connectivity index (χ2n) is 7.33. The summed E-state index contributed by atoms with van der Waals surface area (Å²) in [4.78, 5) is 14.2. The number of carbonyl (C=O) groups excluding carboxylic acids is 1. The summed E-state index contributed by atoms with van der Waals surface area (Å²) < 4.78 is 37.8. The summed E-state index contributed by atoms with van der Waals surface area (Å²) in [6.07, 6.45) is 3.14. The quantitative estimate of drug-likeness (QED) is 0.639. The van der Waals surface area contributed by atoms with Gasteiger partial charge in [-0.3, -0.25) is 4.79 Å². The number of hydrogen-bond acceptors (Lipinski definition) is 5. The third-order valence-electron chi connectivity index (χ3n) is 5.17. The molecule has 31 heavy (non-hydrogen) atoms. The van der Waals surface area contributed by atoms with Crippen LogP contribution in [0.2, 0.25) is 5.02 Å². The van der Waals surface area contributed by atoms with E-state index in [1.807, 2.05) is 18.2 Å². The van der Waals surface area contributed by atoms with E-state index in [9.17, 15) is 13.2 Å². The van der Waals surface area contributed by atoms with Gasteiger partial charge in [0.25, 0.3) is 0 Å². The summed E-state index contributed by atoms with van der Waals surface area (Å²) in [5.41, 5.74) is 1.48. The molecule has 0 N–H and O–H groups in total. The monoisotopic (exact) mass is 462 g/mol. The fourth-order valence-corrected chi connectivity index (χ4v) is 5.35. The molecule has 4 rings (SSSR count). The number of amides is 1. The Hall–Kier alpha value is -2.55. The zero-order valence-electron chi connectivity index (χ0n) is 16.9. The maximum atomic E-state index is 12.7. The second kappa shape index (κ2) is 9.30. The van der Waals surface area contributed by atoms with Gasteiger partial charge < -0.3 is 14.4 Å². The molecule has 1 fully saturated rings. The summed E-state index contributed by atoms with van der Waals surface area (Å²) >= 11 is 6.23. The SMILES string of the molecule is O=C(/C=C/c1cc(Cl)c2c(c1)OCCO2)N1CCN(S(=O)(=O)Cc2ccccc2)CC1. The molecule has 2 aromatic carbocycles. The Labute approximate surface area is 186 Å². The van der Waals surface area contributed by atoms with Gasteiger partial charge in [0, 0.05) is 32.3 Å². The number of piperazine rings is 1. The highest BCUT2D eigenvalue weighted by Crippen LogP contribution is 2.38. The molecule has 0 unspecified atom stereocenters. The lowest BCUT2D eigenvalue weighted by molar-refractivity contribution is -0.127. The first-order chi connectivity index (χ1) is 14.9. The Kier molecular flexibility index (Phi) is 6.50. The van der Waals surface area contributed by atoms with Crippen molar-refractivity contribution in [3.05, 3.63) is 64.7 Å². The highest BCUT2D eigenvalue weighted by molar-refractivity contribution is 7.88. The summed E-state index contributed by atoms with van der Waals surface area (Å²) in [5.74, 6) is 0.866. The fraction of sp³-hybridized carbons (Fsp3) is 0.318. The van der Waals surface area contributed by atoms with E-state index in [2.05, 4.69) is 0 Å². The minimum Gasteiger partial charge on any atom is -0.486 e. The Morgan fingerprint density at radius 3 is 2.48 bits per heavy atom. The number of rotatable bonds is 5. The lowest BCUT2D eigenvalue weighted by atomic mass is 10.1. The average molecular weight is 463 g/mol. The molecule has 0 spiro atoms. The predicted octanol–water partition coefficient (Wildman–Crippen LogP) is 2.80. The van der Waals surface area contributed by atoms with Crippen LogP contribution in [0.4, 0.5) is 0 Å². The van der Waals surface area contributed by atoms with Crippen LogP contribution < -0.4 is 9.47 Å². The van der Waals surface area contributed by atoms with E-state index in [-0.39, 0.29) is 24.7 Å². The van der Waals surface area contributed by atoms with E-state index >= 15 is 0 Å². The van der Waals surface area contributed by atoms with Crippen molar-refractivity contribution in [1.29, 1.82) is 0 Å². The first kappa shape index (κ1) is 21.7. The first-order valence-corrected chi connectivity index (χ1v) is 12.0. The maximum Gasteiger partial charge on any atom is 0.246 e. The average Bonchev–Trinajstić information content (AvgIpc) is 2.78. The standard InChI is InChI=1S/C22H23ClN2O5S/c23-19-14-18(15-20-22(19)30-13-12-29-20)6-7-21(26)24-8-10-25(11-9-24)31(27,28)16-17-4-2-1-3-5-17/h1-7,14-15H,8-13,16H2/b7-6+. The summed E-state index contributed by atoms with van der Waals surface area (Å²) in [6, 6.07) is 12.6. The summed E-state index contributed by atoms with van der Waals surface area (Å²) in [5, 5.41) is 0.432. The molecule has 0 aromatic heterocycles. The topological polar surface area (TPSA) is 76.2 Å². The third kappa shape index (κ3) is 5.20. The van der Waals surface area contributed by atoms with Gasteiger partial charge in [-0.25, -0.2) is 8.42 Å². The smallest absolute Gasteiger partial charge is 0.246 e. The van der Waals surface area contributed by atoms with Gasteiger partial charge in [0.1, 0.15) is 13.2 Å². The van der Waals surface area contributed by atoms with E-state index in [4.69, 9.17) is 21.1 Å². The van der Waals surface area contributed by atoms with Crippen molar-refractivity contribution in [3.63, 3.8) is 0 Å². The van der Waals surface area contributed by atoms with Gasteiger partial charge in [-0.15, -0.1) is 0 Å². The number of nitrogens with zero attached hydrogens (tertiary/aromatic N) is 2. The number of halogens is 1. The lowest BCUT2D eigenvalue weighted by Gasteiger charge is -2.33. The zero-order chi connectivity index (χ0) is 21.8. The lowest BCUT2D eigenvalue weighted by Crippen LogP contribution is -2.50. The van der Waals surface area contributed by atoms with Gasteiger partial charge in [0.2, 0.25) is 15.9 Å². The second-order valence-corrected chi connectivity index (χ2v) is 9.70. The molecule has 164 valence electrons. The third-order valence-corrected chi connectivity index (χ3v) is 7.30. The Bertz CT molecular complexity index is 1080. The molecule has 1 saturated heterocycles. The van der Waals surface area contributed by atoms with E-state index in [0.29, 0.717) is 42.8 Å². The molecule has 2 heterocycles. The molecule has 0 radical (unpaired) electrons. The van der Waals surface area contributed by atoms with Gasteiger partial charge in [-0.2, -0.15) is 4.31 Å². The van der Waals surface area contributed by atoms with E-state index in [1.165, 1.54) is 10.4 Å². The van der Waals surface area contributed by atoms with E-state index in [1.54, 1.807) is 35.2 Å². The van der Waals surface area contributed by atoms with Crippen LogP contribution in [0.5, 0.6) is 11.5 Å². The molecular formula is C22H23ClN2O5S. The van der Waals surface area contributed by atoms with Gasteiger partial charge in [0.15, 0.2) is 11.5 Å². The number of ether oxygens (including phenoxy) is 2. The Morgan fingerprint density at radius 2 is 1.74 bits per heavy atom. The van der Waals surface area contributed by atoms with Crippen molar-refractivity contribution in [3.8, 4) is 11.5 Å². The number of sulfonamides is 1. The van der Waals surface area contributed by atoms with Gasteiger partial charge >= 0.3 is 0 Å². The molecule has 2 aliphatic rings. The number of fused-ring (bicyclic) bond motifs is 1. The minimum absolute atomic E-state index is 0.0352. The van der Waals surface area contributed by atoms with Crippen molar-refractivity contribution >= 4 is 33.6 Å². The van der Waals surface area contributed by atoms with Crippen LogP contribution in [-0.4, -0.2) is 62.9 Å². The van der Waals surface area contributed by atoms with Crippen LogP contribution in [-0.2, 0) is 20.6 Å². The fourth-order valence-electron chi connectivity index (χ4n) is 3.56. The van der Waals surface area contributed by atoms with Gasteiger partial charge in [-0.1, -0.05) is 41.9 Å². The maximum absolute atomic E-state index is 12.7. The number of carbonyl (C=O) groups is 1. The molecule has 0 aliphatic carbocycles. The van der Waals surface area contributed by atoms with Crippen molar-refractivity contribution < 1.29 is 22.7 Å². The van der Waals surface area contributed by atoms with Crippen molar-refractivity contribution in [2.24, 2.45) is 0 Å². The Balaban J connectivity index is 1.35. The van der Waals surface area contributed by atoms with E-state index < -0.39 is 10.0 Å². The predicted molar refractivity (Wildman–Crippen MR) is 119 cm³/mol. The van der Waals surface area contributed by atoms with Crippen LogP contribution in [0, 0.1) is 0 Å². The molecule has 7 nitrogen and oxygen atoms in total. The molecular weight excluding hydrogens is 440 g/mol. The summed E-state index contributed by atoms with van der Waals surface area (Å²) in [6.45, 7) is 2.16. The number of hydrogen-bond donors (Lipinski definition) is 0. The van der Waals surface area contributed by atoms with Crippen molar-refractivity contribution in [2.45, 2.75) is 5.75 Å². The van der Waals surface area contributed by atoms with Crippen LogP contribution in [0.25, 0.3) is 6.08 Å². The van der Waals surface area contributed by atoms with Gasteiger partial charge in [0.05, 0.1) is 10.8 Å². The van der Waals surface area contributed by atoms with Crippen LogP contribution in [0.3, 0.4) is 0 Å². The highest BCUT2D eigenvalue weighted by Gasteiger charge is 2.28. The van der Waals surface area contributed by atoms with Crippen molar-refractivity contribution in [2.75, 3.05) is 39.4 Å². The normalized spacial score (nSPS) is 17.1. The van der Waals surface area contributed by atoms with Crippen molar-refractivity contribution in [1.82, 2.24) is 9.21 Å². The number of benzene rings is 2. The Morgan fingerprint density at radius 1 is 1.03 bits per heavy atom. The minimum atomic E-state index is -3.42. The van der Waals surface area contributed by atoms with Crippen LogP contribution >= 0.6 is 11.6 Å². The van der Waals surface area contributed by atoms with Crippen LogP contribution in [0.15, 0.2) is 48.5 Å².